The second-order valence-electron chi connectivity index (χ2n) is 5.88. The molecule has 0 aromatic heterocycles. The summed E-state index contributed by atoms with van der Waals surface area (Å²) in [5, 5.41) is 2.49. The number of rotatable bonds is 6. The zero-order valence-corrected chi connectivity index (χ0v) is 13.8. The molecule has 0 radical (unpaired) electrons. The summed E-state index contributed by atoms with van der Waals surface area (Å²) in [5.74, 6) is -3.53. The molecule has 2 rings (SSSR count). The van der Waals surface area contributed by atoms with E-state index < -0.39 is 30.4 Å². The number of amides is 2. The molecular weight excluding hydrogens is 318 g/mol. The van der Waals surface area contributed by atoms with Gasteiger partial charge in [0.2, 0.25) is 11.8 Å². The fourth-order valence-electron chi connectivity index (χ4n) is 2.76. The fraction of sp³-hybridized carbons (Fsp3) is 0.529. The first-order valence-electron chi connectivity index (χ1n) is 7.95. The number of ether oxygens (including phenoxy) is 1. The van der Waals surface area contributed by atoms with E-state index in [0.717, 1.165) is 12.5 Å². The van der Waals surface area contributed by atoms with E-state index in [1.807, 2.05) is 37.3 Å². The average Bonchev–Trinajstić information content (AvgIpc) is 2.54. The first kappa shape index (κ1) is 18.3. The highest BCUT2D eigenvalue weighted by Gasteiger charge is 2.41. The van der Waals surface area contributed by atoms with Gasteiger partial charge in [-0.05, 0) is 19.4 Å². The summed E-state index contributed by atoms with van der Waals surface area (Å²) in [6.07, 6.45) is -1.37. The van der Waals surface area contributed by atoms with E-state index in [0.29, 0.717) is 6.54 Å². The van der Waals surface area contributed by atoms with Gasteiger partial charge in [-0.25, -0.2) is 8.78 Å². The molecule has 1 aliphatic rings. The van der Waals surface area contributed by atoms with Gasteiger partial charge in [0.25, 0.3) is 5.91 Å². The Bertz CT molecular complexity index is 575. The van der Waals surface area contributed by atoms with E-state index in [2.05, 4.69) is 5.32 Å². The molecule has 1 fully saturated rings. The van der Waals surface area contributed by atoms with Crippen molar-refractivity contribution in [2.24, 2.45) is 0 Å². The number of alkyl halides is 2. The van der Waals surface area contributed by atoms with Gasteiger partial charge in [-0.3, -0.25) is 9.59 Å². The standard InChI is InChI=1S/C17H22F2N2O3/c1-3-21-13(22)11-24-15(14(21)12-7-5-4-6-8-12)16(23)20-10-9-17(2,18)19/h4-8,14-15H,3,9-11H2,1-2H3,(H,20,23)/t14-,15+/m1/s1. The van der Waals surface area contributed by atoms with Crippen LogP contribution < -0.4 is 5.32 Å². The molecule has 1 saturated heterocycles. The van der Waals surface area contributed by atoms with Crippen LogP contribution in [0.1, 0.15) is 31.9 Å². The van der Waals surface area contributed by atoms with Crippen molar-refractivity contribution in [1.82, 2.24) is 10.2 Å². The number of hydrogen-bond acceptors (Lipinski definition) is 3. The second kappa shape index (κ2) is 7.70. The number of carbonyl (C=O) groups is 2. The highest BCUT2D eigenvalue weighted by atomic mass is 19.3. The molecule has 1 aliphatic heterocycles. The quantitative estimate of drug-likeness (QED) is 0.863. The second-order valence-corrected chi connectivity index (χ2v) is 5.88. The molecule has 24 heavy (non-hydrogen) atoms. The first-order chi connectivity index (χ1) is 11.3. The molecule has 0 unspecified atom stereocenters. The van der Waals surface area contributed by atoms with Crippen molar-refractivity contribution < 1.29 is 23.1 Å². The van der Waals surface area contributed by atoms with Gasteiger partial charge in [0.15, 0.2) is 6.10 Å². The lowest BCUT2D eigenvalue weighted by Gasteiger charge is -2.40. The Morgan fingerprint density at radius 2 is 2.04 bits per heavy atom. The zero-order valence-electron chi connectivity index (χ0n) is 13.8. The fourth-order valence-corrected chi connectivity index (χ4v) is 2.76. The number of benzene rings is 1. The Balaban J connectivity index is 2.16. The van der Waals surface area contributed by atoms with Crippen LogP contribution in [-0.2, 0) is 14.3 Å². The van der Waals surface area contributed by atoms with Crippen molar-refractivity contribution in [1.29, 1.82) is 0 Å². The maximum atomic E-state index is 12.9. The minimum atomic E-state index is -2.84. The van der Waals surface area contributed by atoms with E-state index in [1.54, 1.807) is 4.90 Å². The lowest BCUT2D eigenvalue weighted by atomic mass is 9.97. The number of likely N-dealkylation sites (N-methyl/N-ethyl adjacent to an activating group) is 1. The summed E-state index contributed by atoms with van der Waals surface area (Å²) in [7, 11) is 0. The summed E-state index contributed by atoms with van der Waals surface area (Å²) in [6.45, 7) is 2.72. The van der Waals surface area contributed by atoms with Crippen LogP contribution in [0.2, 0.25) is 0 Å². The number of halogens is 2. The molecule has 0 spiro atoms. The minimum absolute atomic E-state index is 0.149. The largest absolute Gasteiger partial charge is 0.356 e. The summed E-state index contributed by atoms with van der Waals surface area (Å²) in [4.78, 5) is 26.1. The normalized spacial score (nSPS) is 21.7. The third-order valence-corrected chi connectivity index (χ3v) is 3.93. The van der Waals surface area contributed by atoms with Gasteiger partial charge >= 0.3 is 0 Å². The highest BCUT2D eigenvalue weighted by Crippen LogP contribution is 2.30. The minimum Gasteiger partial charge on any atom is -0.356 e. The Morgan fingerprint density at radius 1 is 1.38 bits per heavy atom. The van der Waals surface area contributed by atoms with E-state index in [-0.39, 0.29) is 19.1 Å². The number of carbonyl (C=O) groups excluding carboxylic acids is 2. The van der Waals surface area contributed by atoms with E-state index in [1.165, 1.54) is 0 Å². The molecule has 0 aliphatic carbocycles. The molecule has 132 valence electrons. The van der Waals surface area contributed by atoms with Crippen LogP contribution in [-0.4, -0.2) is 48.4 Å². The molecule has 2 amide bonds. The van der Waals surface area contributed by atoms with Crippen LogP contribution in [0.15, 0.2) is 30.3 Å². The molecule has 0 bridgehead atoms. The number of hydrogen-bond donors (Lipinski definition) is 1. The molecule has 1 aromatic rings. The number of nitrogens with one attached hydrogen (secondary N) is 1. The van der Waals surface area contributed by atoms with Crippen LogP contribution in [0.3, 0.4) is 0 Å². The summed E-state index contributed by atoms with van der Waals surface area (Å²) >= 11 is 0. The number of morpholine rings is 1. The van der Waals surface area contributed by atoms with Crippen molar-refractivity contribution in [2.45, 2.75) is 38.3 Å². The Hall–Kier alpha value is -2.02. The third kappa shape index (κ3) is 4.50. The monoisotopic (exact) mass is 340 g/mol. The van der Waals surface area contributed by atoms with Crippen molar-refractivity contribution in [3.8, 4) is 0 Å². The highest BCUT2D eigenvalue weighted by molar-refractivity contribution is 5.86. The van der Waals surface area contributed by atoms with Gasteiger partial charge in [-0.2, -0.15) is 0 Å². The Morgan fingerprint density at radius 3 is 2.62 bits per heavy atom. The lowest BCUT2D eigenvalue weighted by Crippen LogP contribution is -2.54. The number of nitrogens with zero attached hydrogens (tertiary/aromatic N) is 1. The van der Waals surface area contributed by atoms with Crippen LogP contribution in [0, 0.1) is 0 Å². The predicted octanol–water partition coefficient (Wildman–Crippen LogP) is 2.14. The van der Waals surface area contributed by atoms with Crippen LogP contribution >= 0.6 is 0 Å². The van der Waals surface area contributed by atoms with Crippen molar-refractivity contribution in [3.63, 3.8) is 0 Å². The Labute approximate surface area is 140 Å². The van der Waals surface area contributed by atoms with Crippen LogP contribution in [0.25, 0.3) is 0 Å². The zero-order chi connectivity index (χ0) is 17.7. The maximum Gasteiger partial charge on any atom is 0.251 e. The lowest BCUT2D eigenvalue weighted by molar-refractivity contribution is -0.164. The molecule has 0 saturated carbocycles. The maximum absolute atomic E-state index is 12.9. The predicted molar refractivity (Wildman–Crippen MR) is 84.6 cm³/mol. The molecule has 1 aromatic carbocycles. The molecule has 5 nitrogen and oxygen atoms in total. The van der Waals surface area contributed by atoms with Gasteiger partial charge in [0.05, 0.1) is 6.04 Å². The summed E-state index contributed by atoms with van der Waals surface area (Å²) in [5.41, 5.74) is 0.772. The van der Waals surface area contributed by atoms with Gasteiger partial charge in [0.1, 0.15) is 6.61 Å². The van der Waals surface area contributed by atoms with Gasteiger partial charge in [0, 0.05) is 19.5 Å². The van der Waals surface area contributed by atoms with Crippen molar-refractivity contribution in [2.75, 3.05) is 19.7 Å². The van der Waals surface area contributed by atoms with Gasteiger partial charge in [-0.1, -0.05) is 30.3 Å². The van der Waals surface area contributed by atoms with Gasteiger partial charge < -0.3 is 15.0 Å². The summed E-state index contributed by atoms with van der Waals surface area (Å²) < 4.78 is 31.2. The van der Waals surface area contributed by atoms with E-state index >= 15 is 0 Å². The van der Waals surface area contributed by atoms with Crippen LogP contribution in [0.4, 0.5) is 8.78 Å². The average molecular weight is 340 g/mol. The van der Waals surface area contributed by atoms with Gasteiger partial charge in [-0.15, -0.1) is 0 Å². The first-order valence-corrected chi connectivity index (χ1v) is 7.95. The SMILES string of the molecule is CCN1C(=O)CO[C@H](C(=O)NCCC(C)(F)F)[C@H]1c1ccccc1. The third-order valence-electron chi connectivity index (χ3n) is 3.93. The van der Waals surface area contributed by atoms with Crippen molar-refractivity contribution in [3.05, 3.63) is 35.9 Å². The molecule has 1 heterocycles. The van der Waals surface area contributed by atoms with E-state index in [4.69, 9.17) is 4.74 Å². The molecular formula is C17H22F2N2O3. The molecule has 7 heteroatoms. The van der Waals surface area contributed by atoms with Crippen molar-refractivity contribution >= 4 is 11.8 Å². The van der Waals surface area contributed by atoms with Crippen LogP contribution in [0.5, 0.6) is 0 Å². The topological polar surface area (TPSA) is 58.6 Å². The smallest absolute Gasteiger partial charge is 0.251 e. The molecule has 1 N–H and O–H groups in total. The van der Waals surface area contributed by atoms with E-state index in [9.17, 15) is 18.4 Å². The Kier molecular flexibility index (Phi) is 5.88. The molecule has 2 atom stereocenters. The summed E-state index contributed by atoms with van der Waals surface area (Å²) in [6, 6.07) is 8.53.